The predicted molar refractivity (Wildman–Crippen MR) is 99.5 cm³/mol. The van der Waals surface area contributed by atoms with Crippen LogP contribution in [-0.4, -0.2) is 17.4 Å². The lowest BCUT2D eigenvalue weighted by Gasteiger charge is -2.08. The molecular formula is C20H16N2O3S. The Bertz CT molecular complexity index is 1140. The normalized spacial score (nSPS) is 11.5. The summed E-state index contributed by atoms with van der Waals surface area (Å²) >= 11 is 0. The van der Waals surface area contributed by atoms with Crippen molar-refractivity contribution in [3.8, 4) is 5.75 Å². The van der Waals surface area contributed by atoms with Crippen LogP contribution in [0.2, 0.25) is 0 Å². The lowest BCUT2D eigenvalue weighted by Crippen LogP contribution is -2.12. The fourth-order valence-electron chi connectivity index (χ4n) is 2.70. The molecule has 4 rings (SSSR count). The Balaban J connectivity index is 1.64. The molecule has 0 saturated carbocycles. The van der Waals surface area contributed by atoms with Crippen LogP contribution in [0, 0.1) is 0 Å². The van der Waals surface area contributed by atoms with Gasteiger partial charge in [-0.25, -0.2) is 17.4 Å². The Labute approximate surface area is 151 Å². The average molecular weight is 364 g/mol. The second-order valence-electron chi connectivity index (χ2n) is 5.79. The lowest BCUT2D eigenvalue weighted by molar-refractivity contribution is 0.305. The van der Waals surface area contributed by atoms with Gasteiger partial charge in [-0.1, -0.05) is 48.5 Å². The predicted octanol–water partition coefficient (Wildman–Crippen LogP) is 3.85. The molecule has 2 aromatic heterocycles. The van der Waals surface area contributed by atoms with Crippen molar-refractivity contribution in [3.63, 3.8) is 0 Å². The van der Waals surface area contributed by atoms with Crippen LogP contribution in [0.5, 0.6) is 5.75 Å². The molecule has 0 unspecified atom stereocenters. The molecule has 0 radical (unpaired) electrons. The van der Waals surface area contributed by atoms with Crippen LogP contribution in [0.1, 0.15) is 5.56 Å². The van der Waals surface area contributed by atoms with Gasteiger partial charge in [0.2, 0.25) is 0 Å². The summed E-state index contributed by atoms with van der Waals surface area (Å²) in [6.07, 6.45) is 3.06. The summed E-state index contributed by atoms with van der Waals surface area (Å²) in [7, 11) is -3.68. The van der Waals surface area contributed by atoms with E-state index in [1.165, 1.54) is 10.2 Å². The van der Waals surface area contributed by atoms with Crippen molar-refractivity contribution in [2.75, 3.05) is 0 Å². The number of nitrogens with zero attached hydrogens (tertiary/aromatic N) is 2. The SMILES string of the molecule is O=S(=O)(c1ccccc1)n1ccc2cc(OCc3ccccc3)cnc21. The molecule has 0 atom stereocenters. The van der Waals surface area contributed by atoms with E-state index in [1.807, 2.05) is 30.3 Å². The van der Waals surface area contributed by atoms with Crippen LogP contribution < -0.4 is 4.74 Å². The summed E-state index contributed by atoms with van der Waals surface area (Å²) in [5.74, 6) is 0.594. The highest BCUT2D eigenvalue weighted by Gasteiger charge is 2.19. The van der Waals surface area contributed by atoms with E-state index in [1.54, 1.807) is 48.7 Å². The molecule has 0 fully saturated rings. The summed E-state index contributed by atoms with van der Waals surface area (Å²) in [5, 5.41) is 0.704. The molecule has 0 saturated heterocycles. The molecule has 0 N–H and O–H groups in total. The fraction of sp³-hybridized carbons (Fsp3) is 0.0500. The maximum Gasteiger partial charge on any atom is 0.269 e. The van der Waals surface area contributed by atoms with Gasteiger partial charge >= 0.3 is 0 Å². The number of ether oxygens (including phenoxy) is 1. The van der Waals surface area contributed by atoms with E-state index >= 15 is 0 Å². The first-order valence-electron chi connectivity index (χ1n) is 8.09. The third kappa shape index (κ3) is 3.07. The highest BCUT2D eigenvalue weighted by molar-refractivity contribution is 7.90. The molecular weight excluding hydrogens is 348 g/mol. The second kappa shape index (κ2) is 6.65. The number of pyridine rings is 1. The first-order chi connectivity index (χ1) is 12.6. The minimum atomic E-state index is -3.68. The average Bonchev–Trinajstić information content (AvgIpc) is 3.12. The zero-order valence-corrected chi connectivity index (χ0v) is 14.6. The summed E-state index contributed by atoms with van der Waals surface area (Å²) < 4.78 is 32.5. The molecule has 0 bridgehead atoms. The molecule has 0 aliphatic carbocycles. The third-order valence-corrected chi connectivity index (χ3v) is 5.70. The summed E-state index contributed by atoms with van der Waals surface area (Å²) in [6, 6.07) is 21.6. The highest BCUT2D eigenvalue weighted by atomic mass is 32.2. The number of benzene rings is 2. The lowest BCUT2D eigenvalue weighted by atomic mass is 10.2. The third-order valence-electron chi connectivity index (χ3n) is 4.02. The van der Waals surface area contributed by atoms with Crippen molar-refractivity contribution in [1.82, 2.24) is 8.96 Å². The molecule has 0 aliphatic rings. The summed E-state index contributed by atoms with van der Waals surface area (Å²) in [6.45, 7) is 0.428. The second-order valence-corrected chi connectivity index (χ2v) is 7.60. The first kappa shape index (κ1) is 16.4. The van der Waals surface area contributed by atoms with E-state index in [9.17, 15) is 8.42 Å². The van der Waals surface area contributed by atoms with Crippen molar-refractivity contribution in [1.29, 1.82) is 0 Å². The van der Waals surface area contributed by atoms with Gasteiger partial charge in [-0.2, -0.15) is 0 Å². The van der Waals surface area contributed by atoms with Crippen molar-refractivity contribution in [3.05, 3.63) is 90.8 Å². The Morgan fingerprint density at radius 1 is 0.923 bits per heavy atom. The van der Waals surface area contributed by atoms with Crippen LogP contribution in [0.4, 0.5) is 0 Å². The zero-order valence-electron chi connectivity index (χ0n) is 13.8. The van der Waals surface area contributed by atoms with Crippen molar-refractivity contribution >= 4 is 21.1 Å². The number of fused-ring (bicyclic) bond motifs is 1. The van der Waals surface area contributed by atoms with E-state index in [0.29, 0.717) is 23.4 Å². The largest absolute Gasteiger partial charge is 0.487 e. The zero-order chi connectivity index (χ0) is 18.0. The van der Waals surface area contributed by atoms with Crippen molar-refractivity contribution in [2.24, 2.45) is 0 Å². The quantitative estimate of drug-likeness (QED) is 0.540. The van der Waals surface area contributed by atoms with Crippen LogP contribution >= 0.6 is 0 Å². The molecule has 26 heavy (non-hydrogen) atoms. The van der Waals surface area contributed by atoms with E-state index in [4.69, 9.17) is 4.74 Å². The minimum absolute atomic E-state index is 0.226. The molecule has 0 amide bonds. The molecule has 2 heterocycles. The number of rotatable bonds is 5. The van der Waals surface area contributed by atoms with Crippen LogP contribution in [-0.2, 0) is 16.6 Å². The van der Waals surface area contributed by atoms with Crippen LogP contribution in [0.15, 0.2) is 90.1 Å². The summed E-state index contributed by atoms with van der Waals surface area (Å²) in [4.78, 5) is 4.53. The van der Waals surface area contributed by atoms with Gasteiger partial charge in [-0.15, -0.1) is 0 Å². The molecule has 4 aromatic rings. The number of hydrogen-bond donors (Lipinski definition) is 0. The van der Waals surface area contributed by atoms with Crippen molar-refractivity contribution in [2.45, 2.75) is 11.5 Å². The van der Waals surface area contributed by atoms with Crippen molar-refractivity contribution < 1.29 is 13.2 Å². The van der Waals surface area contributed by atoms with Crippen LogP contribution in [0.25, 0.3) is 11.0 Å². The Morgan fingerprint density at radius 2 is 1.62 bits per heavy atom. The molecule has 2 aromatic carbocycles. The number of aromatic nitrogens is 2. The van der Waals surface area contributed by atoms with Gasteiger partial charge in [0.25, 0.3) is 10.0 Å². The first-order valence-corrected chi connectivity index (χ1v) is 9.53. The smallest absolute Gasteiger partial charge is 0.269 e. The molecule has 0 aliphatic heterocycles. The molecule has 0 spiro atoms. The van der Waals surface area contributed by atoms with Gasteiger partial charge in [-0.05, 0) is 29.8 Å². The topological polar surface area (TPSA) is 61.2 Å². The Morgan fingerprint density at radius 3 is 2.35 bits per heavy atom. The maximum atomic E-state index is 12.8. The van der Waals surface area contributed by atoms with Crippen LogP contribution in [0.3, 0.4) is 0 Å². The summed E-state index contributed by atoms with van der Waals surface area (Å²) in [5.41, 5.74) is 1.43. The molecule has 130 valence electrons. The highest BCUT2D eigenvalue weighted by Crippen LogP contribution is 2.24. The number of hydrogen-bond acceptors (Lipinski definition) is 4. The van der Waals surface area contributed by atoms with Gasteiger partial charge in [0.05, 0.1) is 11.1 Å². The molecule has 5 nitrogen and oxygen atoms in total. The van der Waals surface area contributed by atoms with Gasteiger partial charge in [0.15, 0.2) is 5.65 Å². The monoisotopic (exact) mass is 364 g/mol. The minimum Gasteiger partial charge on any atom is -0.487 e. The standard InChI is InChI=1S/C20H16N2O3S/c23-26(24,19-9-5-2-6-10-19)22-12-11-17-13-18(14-21-20(17)22)25-15-16-7-3-1-4-8-16/h1-14H,15H2. The van der Waals surface area contributed by atoms with Gasteiger partial charge in [0.1, 0.15) is 12.4 Å². The van der Waals surface area contributed by atoms with Gasteiger partial charge < -0.3 is 4.74 Å². The Kier molecular flexibility index (Phi) is 4.18. The van der Waals surface area contributed by atoms with E-state index in [2.05, 4.69) is 4.98 Å². The van der Waals surface area contributed by atoms with E-state index in [-0.39, 0.29) is 4.90 Å². The van der Waals surface area contributed by atoms with E-state index < -0.39 is 10.0 Å². The van der Waals surface area contributed by atoms with Gasteiger partial charge in [0, 0.05) is 11.6 Å². The molecule has 6 heteroatoms. The Hall–Kier alpha value is -3.12. The van der Waals surface area contributed by atoms with E-state index in [0.717, 1.165) is 5.56 Å². The maximum absolute atomic E-state index is 12.8. The fourth-order valence-corrected chi connectivity index (χ4v) is 4.03. The van der Waals surface area contributed by atoms with Gasteiger partial charge in [-0.3, -0.25) is 0 Å².